The zero-order chi connectivity index (χ0) is 21.5. The number of hydrogen-bond donors (Lipinski definition) is 5. The Hall–Kier alpha value is -3.72. The first-order valence-corrected chi connectivity index (χ1v) is 8.05. The number of amides is 2. The van der Waals surface area contributed by atoms with Crippen LogP contribution in [-0.4, -0.2) is 40.0 Å². The van der Waals surface area contributed by atoms with Crippen LogP contribution in [-0.2, 0) is 9.59 Å². The number of carboxylic acid groups (broad SMARTS) is 2. The van der Waals surface area contributed by atoms with Crippen LogP contribution in [0, 0.1) is 0 Å². The molecule has 2 aromatic rings. The molecule has 0 unspecified atom stereocenters. The second kappa shape index (κ2) is 13.5. The molecule has 150 valence electrons. The molecule has 0 bridgehead atoms. The first-order valence-electron chi connectivity index (χ1n) is 8.05. The highest BCUT2D eigenvalue weighted by Crippen LogP contribution is 1.95. The third-order valence-electron chi connectivity index (χ3n) is 3.10. The number of carboxylic acids is 2. The van der Waals surface area contributed by atoms with Crippen LogP contribution in [0.15, 0.2) is 60.7 Å². The fourth-order valence-electron chi connectivity index (χ4n) is 1.61. The summed E-state index contributed by atoms with van der Waals surface area (Å²) in [6, 6.07) is 16.5. The van der Waals surface area contributed by atoms with E-state index in [9.17, 15) is 19.2 Å². The van der Waals surface area contributed by atoms with Gasteiger partial charge in [-0.25, -0.2) is 0 Å². The van der Waals surface area contributed by atoms with Gasteiger partial charge in [0.05, 0.1) is 0 Å². The summed E-state index contributed by atoms with van der Waals surface area (Å²) in [5.41, 5.74) is 16.1. The van der Waals surface area contributed by atoms with Gasteiger partial charge in [0.1, 0.15) is 6.04 Å². The van der Waals surface area contributed by atoms with E-state index in [-0.39, 0.29) is 24.7 Å². The van der Waals surface area contributed by atoms with E-state index in [4.69, 9.17) is 27.4 Å². The topological polar surface area (TPSA) is 187 Å². The summed E-state index contributed by atoms with van der Waals surface area (Å²) in [4.78, 5) is 40.7. The summed E-state index contributed by atoms with van der Waals surface area (Å²) in [5, 5.41) is 16.3. The third-order valence-corrected chi connectivity index (χ3v) is 3.10. The van der Waals surface area contributed by atoms with Gasteiger partial charge in [0.25, 0.3) is 0 Å². The zero-order valence-electron chi connectivity index (χ0n) is 15.0. The number of benzene rings is 2. The number of carbonyl (C=O) groups excluding carboxylic acids is 2. The van der Waals surface area contributed by atoms with Gasteiger partial charge in [-0.15, -0.1) is 0 Å². The van der Waals surface area contributed by atoms with Crippen LogP contribution in [0.3, 0.4) is 0 Å². The molecule has 2 aromatic carbocycles. The van der Waals surface area contributed by atoms with Crippen LogP contribution in [0.25, 0.3) is 0 Å². The zero-order valence-corrected chi connectivity index (χ0v) is 15.0. The van der Waals surface area contributed by atoms with Gasteiger partial charge in [0.15, 0.2) is 0 Å². The fraction of sp³-hybridized carbons (Fsp3) is 0.158. The SMILES string of the molecule is NC(=O)c1ccccc1.NC(=O)c1ccccc1.N[C@@H](CCC(=O)O)C(=O)O. The molecule has 0 saturated heterocycles. The van der Waals surface area contributed by atoms with Gasteiger partial charge in [0, 0.05) is 17.5 Å². The average Bonchev–Trinajstić information content (AvgIpc) is 2.68. The molecular formula is C19H23N3O6. The van der Waals surface area contributed by atoms with E-state index >= 15 is 0 Å². The summed E-state index contributed by atoms with van der Waals surface area (Å²) in [6.45, 7) is 0. The van der Waals surface area contributed by atoms with E-state index in [1.807, 2.05) is 12.1 Å². The van der Waals surface area contributed by atoms with Crippen molar-refractivity contribution >= 4 is 23.8 Å². The highest BCUT2D eigenvalue weighted by atomic mass is 16.4. The molecule has 0 radical (unpaired) electrons. The number of hydrogen-bond acceptors (Lipinski definition) is 5. The van der Waals surface area contributed by atoms with Gasteiger partial charge < -0.3 is 27.4 Å². The predicted octanol–water partition coefficient (Wildman–Crippen LogP) is 0.834. The maximum absolute atomic E-state index is 10.4. The van der Waals surface area contributed by atoms with E-state index in [1.165, 1.54) is 0 Å². The molecule has 8 N–H and O–H groups in total. The van der Waals surface area contributed by atoms with E-state index in [0.29, 0.717) is 11.1 Å². The van der Waals surface area contributed by atoms with Crippen molar-refractivity contribution in [1.82, 2.24) is 0 Å². The molecule has 28 heavy (non-hydrogen) atoms. The summed E-state index contributed by atoms with van der Waals surface area (Å²) >= 11 is 0. The van der Waals surface area contributed by atoms with Gasteiger partial charge in [-0.2, -0.15) is 0 Å². The second-order valence-electron chi connectivity index (χ2n) is 5.34. The molecule has 0 spiro atoms. The van der Waals surface area contributed by atoms with Crippen LogP contribution < -0.4 is 17.2 Å². The van der Waals surface area contributed by atoms with Crippen LogP contribution in [0.4, 0.5) is 0 Å². The Morgan fingerprint density at radius 2 is 1.11 bits per heavy atom. The standard InChI is InChI=1S/2C7H7NO.C5H9NO4/c2*8-7(9)6-4-2-1-3-5-6;6-3(5(9)10)1-2-4(7)8/h2*1-5H,(H2,8,9);3H,1-2,6H2,(H,7,8)(H,9,10)/t;;3-/m..0/s1. The maximum Gasteiger partial charge on any atom is 0.320 e. The van der Waals surface area contributed by atoms with E-state index in [1.54, 1.807) is 48.5 Å². The molecule has 0 aliphatic carbocycles. The quantitative estimate of drug-likeness (QED) is 0.484. The normalized spacial score (nSPS) is 10.2. The number of aliphatic carboxylic acids is 2. The molecule has 0 fully saturated rings. The molecule has 2 amide bonds. The Bertz CT molecular complexity index is 716. The van der Waals surface area contributed by atoms with E-state index in [2.05, 4.69) is 0 Å². The molecule has 1 atom stereocenters. The monoisotopic (exact) mass is 389 g/mol. The van der Waals surface area contributed by atoms with E-state index < -0.39 is 18.0 Å². The van der Waals surface area contributed by atoms with Crippen molar-refractivity contribution in [3.05, 3.63) is 71.8 Å². The molecule has 9 nitrogen and oxygen atoms in total. The largest absolute Gasteiger partial charge is 0.481 e. The first-order chi connectivity index (χ1) is 13.1. The van der Waals surface area contributed by atoms with Gasteiger partial charge in [-0.1, -0.05) is 36.4 Å². The Morgan fingerprint density at radius 3 is 1.32 bits per heavy atom. The lowest BCUT2D eigenvalue weighted by Gasteiger charge is -2.01. The number of nitrogens with two attached hydrogens (primary N) is 3. The molecule has 9 heteroatoms. The minimum Gasteiger partial charge on any atom is -0.481 e. The lowest BCUT2D eigenvalue weighted by atomic mass is 10.2. The van der Waals surface area contributed by atoms with Crippen molar-refractivity contribution in [2.75, 3.05) is 0 Å². The Morgan fingerprint density at radius 1 is 0.750 bits per heavy atom. The van der Waals surface area contributed by atoms with Crippen LogP contribution >= 0.6 is 0 Å². The Balaban J connectivity index is 0.000000391. The van der Waals surface area contributed by atoms with Crippen molar-refractivity contribution in [2.45, 2.75) is 18.9 Å². The van der Waals surface area contributed by atoms with Crippen molar-refractivity contribution in [3.8, 4) is 0 Å². The Labute approximate surface area is 161 Å². The average molecular weight is 389 g/mol. The fourth-order valence-corrected chi connectivity index (χ4v) is 1.61. The molecule has 0 heterocycles. The van der Waals surface area contributed by atoms with Crippen LogP contribution in [0.1, 0.15) is 33.6 Å². The van der Waals surface area contributed by atoms with Gasteiger partial charge in [0.2, 0.25) is 11.8 Å². The number of primary amides is 2. The molecular weight excluding hydrogens is 366 g/mol. The minimum atomic E-state index is -1.17. The van der Waals surface area contributed by atoms with Crippen molar-refractivity contribution in [1.29, 1.82) is 0 Å². The summed E-state index contributed by atoms with van der Waals surface area (Å²) in [6.07, 6.45) is -0.224. The molecule has 2 rings (SSSR count). The molecule has 0 aliphatic rings. The second-order valence-corrected chi connectivity index (χ2v) is 5.34. The third kappa shape index (κ3) is 11.8. The predicted molar refractivity (Wildman–Crippen MR) is 102 cm³/mol. The smallest absolute Gasteiger partial charge is 0.320 e. The van der Waals surface area contributed by atoms with E-state index in [0.717, 1.165) is 0 Å². The van der Waals surface area contributed by atoms with Crippen molar-refractivity contribution in [3.63, 3.8) is 0 Å². The summed E-state index contributed by atoms with van der Waals surface area (Å²) in [5.74, 6) is -2.95. The summed E-state index contributed by atoms with van der Waals surface area (Å²) < 4.78 is 0. The lowest BCUT2D eigenvalue weighted by molar-refractivity contribution is -0.139. The maximum atomic E-state index is 10.4. The number of rotatable bonds is 6. The molecule has 0 aromatic heterocycles. The van der Waals surface area contributed by atoms with Crippen LogP contribution in [0.5, 0.6) is 0 Å². The first kappa shape index (κ1) is 24.3. The molecule has 0 saturated carbocycles. The van der Waals surface area contributed by atoms with Crippen molar-refractivity contribution in [2.24, 2.45) is 17.2 Å². The van der Waals surface area contributed by atoms with Crippen LogP contribution in [0.2, 0.25) is 0 Å². The number of carbonyl (C=O) groups is 4. The summed E-state index contributed by atoms with van der Waals surface area (Å²) in [7, 11) is 0. The van der Waals surface area contributed by atoms with Crippen molar-refractivity contribution < 1.29 is 29.4 Å². The highest BCUT2D eigenvalue weighted by molar-refractivity contribution is 5.93. The molecule has 0 aliphatic heterocycles. The highest BCUT2D eigenvalue weighted by Gasteiger charge is 2.12. The minimum absolute atomic E-state index is 0.0231. The Kier molecular flexibility index (Phi) is 11.7. The lowest BCUT2D eigenvalue weighted by Crippen LogP contribution is -2.30. The van der Waals surface area contributed by atoms with Gasteiger partial charge in [-0.05, 0) is 30.7 Å². The van der Waals surface area contributed by atoms with Gasteiger partial charge in [-0.3, -0.25) is 19.2 Å². The van der Waals surface area contributed by atoms with Gasteiger partial charge >= 0.3 is 11.9 Å².